The number of halogens is 3. The van der Waals surface area contributed by atoms with E-state index in [1.807, 2.05) is 0 Å². The summed E-state index contributed by atoms with van der Waals surface area (Å²) in [5.74, 6) is -1.73. The first kappa shape index (κ1) is 13.5. The fourth-order valence-electron chi connectivity index (χ4n) is 2.25. The summed E-state index contributed by atoms with van der Waals surface area (Å²) in [6.45, 7) is 3.22. The van der Waals surface area contributed by atoms with Crippen LogP contribution in [0.1, 0.15) is 30.1 Å². The molecule has 1 heterocycles. The second-order valence-electron chi connectivity index (χ2n) is 4.56. The Morgan fingerprint density at radius 2 is 2.06 bits per heavy atom. The maximum Gasteiger partial charge on any atom is 0.259 e. The van der Waals surface area contributed by atoms with Gasteiger partial charge >= 0.3 is 0 Å². The molecule has 0 aromatic heterocycles. The maximum absolute atomic E-state index is 13.7. The third kappa shape index (κ3) is 2.55. The SMILES string of the molecule is CCC1CCN(C(=O)c2c(F)cc(Br)cc2F)C1. The van der Waals surface area contributed by atoms with Crippen molar-refractivity contribution in [1.29, 1.82) is 0 Å². The minimum absolute atomic E-state index is 0.293. The molecule has 1 aromatic carbocycles. The molecule has 1 aliphatic rings. The topological polar surface area (TPSA) is 20.3 Å². The summed E-state index contributed by atoms with van der Waals surface area (Å²) < 4.78 is 27.6. The van der Waals surface area contributed by atoms with Gasteiger partial charge in [-0.3, -0.25) is 4.79 Å². The molecule has 2 nitrogen and oxygen atoms in total. The van der Waals surface area contributed by atoms with Gasteiger partial charge in [0.1, 0.15) is 17.2 Å². The third-order valence-corrected chi connectivity index (χ3v) is 3.83. The Bertz CT molecular complexity index is 455. The highest BCUT2D eigenvalue weighted by Crippen LogP contribution is 2.25. The number of amides is 1. The predicted molar refractivity (Wildman–Crippen MR) is 68.4 cm³/mol. The molecule has 0 saturated carbocycles. The fraction of sp³-hybridized carbons (Fsp3) is 0.462. The van der Waals surface area contributed by atoms with E-state index in [4.69, 9.17) is 0 Å². The molecule has 1 atom stereocenters. The summed E-state index contributed by atoms with van der Waals surface area (Å²) in [4.78, 5) is 13.6. The lowest BCUT2D eigenvalue weighted by Gasteiger charge is -2.17. The van der Waals surface area contributed by atoms with Crippen molar-refractivity contribution < 1.29 is 13.6 Å². The van der Waals surface area contributed by atoms with Crippen LogP contribution in [-0.2, 0) is 0 Å². The van der Waals surface area contributed by atoms with Crippen LogP contribution in [0.3, 0.4) is 0 Å². The Balaban J connectivity index is 2.25. The van der Waals surface area contributed by atoms with Crippen LogP contribution in [0.2, 0.25) is 0 Å². The van der Waals surface area contributed by atoms with Crippen molar-refractivity contribution in [2.75, 3.05) is 13.1 Å². The lowest BCUT2D eigenvalue weighted by atomic mass is 10.1. The molecule has 1 aliphatic heterocycles. The van der Waals surface area contributed by atoms with Gasteiger partial charge in [0, 0.05) is 17.6 Å². The van der Waals surface area contributed by atoms with E-state index in [0.29, 0.717) is 23.5 Å². The van der Waals surface area contributed by atoms with Gasteiger partial charge in [0.2, 0.25) is 0 Å². The number of benzene rings is 1. The molecule has 1 amide bonds. The van der Waals surface area contributed by atoms with Crippen LogP contribution in [0.5, 0.6) is 0 Å². The lowest BCUT2D eigenvalue weighted by Crippen LogP contribution is -2.30. The van der Waals surface area contributed by atoms with Crippen LogP contribution >= 0.6 is 15.9 Å². The van der Waals surface area contributed by atoms with E-state index >= 15 is 0 Å². The summed E-state index contributed by atoms with van der Waals surface area (Å²) in [6, 6.07) is 2.23. The summed E-state index contributed by atoms with van der Waals surface area (Å²) >= 11 is 3.00. The average Bonchev–Trinajstić information content (AvgIpc) is 2.75. The van der Waals surface area contributed by atoms with Crippen molar-refractivity contribution in [3.8, 4) is 0 Å². The molecular weight excluding hydrogens is 304 g/mol. The van der Waals surface area contributed by atoms with Crippen molar-refractivity contribution >= 4 is 21.8 Å². The Hall–Kier alpha value is -0.970. The zero-order valence-corrected chi connectivity index (χ0v) is 11.6. The van der Waals surface area contributed by atoms with E-state index in [1.54, 1.807) is 0 Å². The molecule has 1 unspecified atom stereocenters. The van der Waals surface area contributed by atoms with Crippen molar-refractivity contribution in [1.82, 2.24) is 4.90 Å². The molecule has 0 bridgehead atoms. The Labute approximate surface area is 113 Å². The van der Waals surface area contributed by atoms with E-state index in [2.05, 4.69) is 22.9 Å². The first-order chi connectivity index (χ1) is 8.52. The summed E-state index contributed by atoms with van der Waals surface area (Å²) in [5.41, 5.74) is -0.449. The second kappa shape index (κ2) is 5.34. The largest absolute Gasteiger partial charge is 0.338 e. The molecule has 0 radical (unpaired) electrons. The highest BCUT2D eigenvalue weighted by atomic mass is 79.9. The molecule has 0 spiro atoms. The Kier molecular flexibility index (Phi) is 4.00. The van der Waals surface area contributed by atoms with E-state index < -0.39 is 23.1 Å². The number of likely N-dealkylation sites (tertiary alicyclic amines) is 1. The van der Waals surface area contributed by atoms with Crippen molar-refractivity contribution in [2.45, 2.75) is 19.8 Å². The second-order valence-corrected chi connectivity index (χ2v) is 5.47. The van der Waals surface area contributed by atoms with Gasteiger partial charge < -0.3 is 4.90 Å². The average molecular weight is 318 g/mol. The molecule has 98 valence electrons. The van der Waals surface area contributed by atoms with Crippen LogP contribution in [0.4, 0.5) is 8.78 Å². The number of carbonyl (C=O) groups is 1. The van der Waals surface area contributed by atoms with Crippen LogP contribution in [0, 0.1) is 17.6 Å². The van der Waals surface area contributed by atoms with E-state index in [9.17, 15) is 13.6 Å². The molecule has 18 heavy (non-hydrogen) atoms. The normalized spacial score (nSPS) is 19.3. The maximum atomic E-state index is 13.7. The Morgan fingerprint density at radius 3 is 2.56 bits per heavy atom. The first-order valence-electron chi connectivity index (χ1n) is 5.96. The number of carbonyl (C=O) groups excluding carboxylic acids is 1. The van der Waals surface area contributed by atoms with Crippen molar-refractivity contribution in [3.63, 3.8) is 0 Å². The van der Waals surface area contributed by atoms with E-state index in [1.165, 1.54) is 4.90 Å². The number of rotatable bonds is 2. The highest BCUT2D eigenvalue weighted by molar-refractivity contribution is 9.10. The number of hydrogen-bond donors (Lipinski definition) is 0. The van der Waals surface area contributed by atoms with Crippen molar-refractivity contribution in [3.05, 3.63) is 33.8 Å². The lowest BCUT2D eigenvalue weighted by molar-refractivity contribution is 0.0777. The zero-order valence-electron chi connectivity index (χ0n) is 10.0. The van der Waals surface area contributed by atoms with Crippen LogP contribution in [0.25, 0.3) is 0 Å². The van der Waals surface area contributed by atoms with Gasteiger partial charge in [-0.15, -0.1) is 0 Å². The minimum atomic E-state index is -0.813. The monoisotopic (exact) mass is 317 g/mol. The minimum Gasteiger partial charge on any atom is -0.338 e. The first-order valence-corrected chi connectivity index (χ1v) is 6.76. The molecule has 1 aromatic rings. The van der Waals surface area contributed by atoms with Gasteiger partial charge in [-0.1, -0.05) is 29.3 Å². The van der Waals surface area contributed by atoms with Gasteiger partial charge in [0.05, 0.1) is 0 Å². The zero-order chi connectivity index (χ0) is 13.3. The highest BCUT2D eigenvalue weighted by Gasteiger charge is 2.29. The van der Waals surface area contributed by atoms with Gasteiger partial charge in [-0.05, 0) is 24.5 Å². The third-order valence-electron chi connectivity index (χ3n) is 3.37. The summed E-state index contributed by atoms with van der Waals surface area (Å²) in [7, 11) is 0. The predicted octanol–water partition coefficient (Wildman–Crippen LogP) is 3.60. The van der Waals surface area contributed by atoms with Gasteiger partial charge in [-0.25, -0.2) is 8.78 Å². The molecule has 1 saturated heterocycles. The Morgan fingerprint density at radius 1 is 1.44 bits per heavy atom. The molecule has 2 rings (SSSR count). The van der Waals surface area contributed by atoms with Crippen molar-refractivity contribution in [2.24, 2.45) is 5.92 Å². The number of nitrogens with zero attached hydrogens (tertiary/aromatic N) is 1. The summed E-state index contributed by atoms with van der Waals surface area (Å²) in [6.07, 6.45) is 1.89. The molecular formula is C13H14BrF2NO. The van der Waals surface area contributed by atoms with Gasteiger partial charge in [-0.2, -0.15) is 0 Å². The molecule has 0 aliphatic carbocycles. The number of hydrogen-bond acceptors (Lipinski definition) is 1. The molecule has 1 fully saturated rings. The molecule has 5 heteroatoms. The quantitative estimate of drug-likeness (QED) is 0.816. The fourth-order valence-corrected chi connectivity index (χ4v) is 2.66. The van der Waals surface area contributed by atoms with E-state index in [0.717, 1.165) is 25.0 Å². The summed E-state index contributed by atoms with van der Waals surface area (Å²) in [5, 5.41) is 0. The van der Waals surface area contributed by atoms with Crippen LogP contribution in [-0.4, -0.2) is 23.9 Å². The van der Waals surface area contributed by atoms with E-state index in [-0.39, 0.29) is 0 Å². The van der Waals surface area contributed by atoms with Gasteiger partial charge in [0.15, 0.2) is 0 Å². The standard InChI is InChI=1S/C13H14BrF2NO/c1-2-8-3-4-17(7-8)13(18)12-10(15)5-9(14)6-11(12)16/h5-6,8H,2-4,7H2,1H3. The van der Waals surface area contributed by atoms with Gasteiger partial charge in [0.25, 0.3) is 5.91 Å². The molecule has 0 N–H and O–H groups in total. The van der Waals surface area contributed by atoms with Crippen LogP contribution in [0.15, 0.2) is 16.6 Å². The smallest absolute Gasteiger partial charge is 0.259 e. The van der Waals surface area contributed by atoms with Crippen LogP contribution < -0.4 is 0 Å².